The van der Waals surface area contributed by atoms with Crippen LogP contribution in [0.15, 0.2) is 23.6 Å². The van der Waals surface area contributed by atoms with Crippen molar-refractivity contribution in [2.75, 3.05) is 17.3 Å². The van der Waals surface area contributed by atoms with Gasteiger partial charge in [0.15, 0.2) is 5.13 Å². The van der Waals surface area contributed by atoms with Crippen LogP contribution in [0.4, 0.5) is 10.8 Å². The Balaban J connectivity index is 1.93. The molecule has 0 saturated carbocycles. The first kappa shape index (κ1) is 17.1. The number of halogens is 1. The number of nitrogens with one attached hydrogen (secondary N) is 1. The van der Waals surface area contributed by atoms with Crippen LogP contribution in [0.25, 0.3) is 11.3 Å². The number of rotatable bonds is 3. The van der Waals surface area contributed by atoms with Crippen molar-refractivity contribution in [1.82, 2.24) is 4.98 Å². The zero-order valence-electron chi connectivity index (χ0n) is 13.9. The van der Waals surface area contributed by atoms with Gasteiger partial charge in [-0.05, 0) is 38.5 Å². The number of alkyl halides is 1. The third-order valence-corrected chi connectivity index (χ3v) is 5.44. The van der Waals surface area contributed by atoms with Gasteiger partial charge >= 0.3 is 0 Å². The van der Waals surface area contributed by atoms with Crippen LogP contribution in [0.3, 0.4) is 0 Å². The monoisotopic (exact) mass is 407 g/mol. The number of aromatic nitrogens is 1. The zero-order chi connectivity index (χ0) is 17.6. The Kier molecular flexibility index (Phi) is 4.25. The summed E-state index contributed by atoms with van der Waals surface area (Å²) in [6.07, 6.45) is 0. The van der Waals surface area contributed by atoms with E-state index in [0.717, 1.165) is 22.5 Å². The van der Waals surface area contributed by atoms with E-state index < -0.39 is 5.41 Å². The van der Waals surface area contributed by atoms with Crippen molar-refractivity contribution in [2.24, 2.45) is 0 Å². The fourth-order valence-electron chi connectivity index (χ4n) is 2.80. The molecule has 1 N–H and O–H groups in total. The number of carbonyl (C=O) groups is 2. The summed E-state index contributed by atoms with van der Waals surface area (Å²) in [7, 11) is 1.80. The van der Waals surface area contributed by atoms with Gasteiger partial charge in [0.1, 0.15) is 0 Å². The number of hydrogen-bond donors (Lipinski definition) is 1. The first-order chi connectivity index (χ1) is 11.2. The lowest BCUT2D eigenvalue weighted by Gasteiger charge is -2.16. The van der Waals surface area contributed by atoms with Crippen molar-refractivity contribution in [3.8, 4) is 11.3 Å². The molecular formula is C17H18BrN3O2S. The second-order valence-electron chi connectivity index (χ2n) is 6.36. The molecule has 1 atom stereocenters. The van der Waals surface area contributed by atoms with Crippen LogP contribution in [0.1, 0.15) is 26.3 Å². The molecule has 0 fully saturated rings. The highest BCUT2D eigenvalue weighted by Crippen LogP contribution is 2.42. The minimum absolute atomic E-state index is 0.0900. The second kappa shape index (κ2) is 5.97. The Hall–Kier alpha value is -1.73. The quantitative estimate of drug-likeness (QED) is 0.787. The summed E-state index contributed by atoms with van der Waals surface area (Å²) in [4.78, 5) is 30.0. The molecule has 2 amide bonds. The maximum absolute atomic E-state index is 12.4. The second-order valence-corrected chi connectivity index (χ2v) is 8.60. The van der Waals surface area contributed by atoms with Gasteiger partial charge in [0.05, 0.1) is 15.9 Å². The minimum atomic E-state index is -0.543. The maximum Gasteiger partial charge on any atom is 0.239 e. The van der Waals surface area contributed by atoms with E-state index >= 15 is 0 Å². The highest BCUT2D eigenvalue weighted by Gasteiger charge is 2.42. The van der Waals surface area contributed by atoms with Gasteiger partial charge in [-0.15, -0.1) is 11.3 Å². The molecule has 1 aromatic carbocycles. The van der Waals surface area contributed by atoms with Crippen molar-refractivity contribution in [3.63, 3.8) is 0 Å². The van der Waals surface area contributed by atoms with Crippen LogP contribution in [0.5, 0.6) is 0 Å². The molecule has 1 aliphatic heterocycles. The van der Waals surface area contributed by atoms with Crippen LogP contribution < -0.4 is 10.2 Å². The molecule has 2 heterocycles. The number of nitrogens with zero attached hydrogens (tertiary/aromatic N) is 2. The van der Waals surface area contributed by atoms with E-state index in [1.54, 1.807) is 18.9 Å². The predicted molar refractivity (Wildman–Crippen MR) is 101 cm³/mol. The molecule has 7 heteroatoms. The standard InChI is InChI=1S/C17H18BrN3O2S/c1-9(18)14(22)20-16-19-12(8-24-16)10-5-6-13-11(7-10)17(2,3)15(23)21(13)4/h5-9H,1-4H3,(H,19,20,22). The molecule has 1 unspecified atom stereocenters. The molecule has 0 saturated heterocycles. The first-order valence-electron chi connectivity index (χ1n) is 7.55. The summed E-state index contributed by atoms with van der Waals surface area (Å²) in [6, 6.07) is 5.93. The van der Waals surface area contributed by atoms with Crippen molar-refractivity contribution >= 4 is 49.9 Å². The molecule has 0 aliphatic carbocycles. The Morgan fingerprint density at radius 3 is 2.79 bits per heavy atom. The fraction of sp³-hybridized carbons (Fsp3) is 0.353. The molecule has 3 rings (SSSR count). The normalized spacial score (nSPS) is 16.9. The van der Waals surface area contributed by atoms with E-state index in [9.17, 15) is 9.59 Å². The molecule has 2 aromatic rings. The Labute approximate surface area is 153 Å². The molecule has 1 aromatic heterocycles. The number of amides is 2. The van der Waals surface area contributed by atoms with Gasteiger partial charge in [0, 0.05) is 23.7 Å². The van der Waals surface area contributed by atoms with Gasteiger partial charge in [0.2, 0.25) is 11.8 Å². The van der Waals surface area contributed by atoms with E-state index in [1.165, 1.54) is 11.3 Å². The molecule has 5 nitrogen and oxygen atoms in total. The highest BCUT2D eigenvalue weighted by molar-refractivity contribution is 9.10. The van der Waals surface area contributed by atoms with E-state index in [1.807, 2.05) is 37.4 Å². The molecule has 0 bridgehead atoms. The largest absolute Gasteiger partial charge is 0.314 e. The van der Waals surface area contributed by atoms with E-state index in [2.05, 4.69) is 26.2 Å². The van der Waals surface area contributed by atoms with Gasteiger partial charge in [-0.25, -0.2) is 4.98 Å². The Bertz CT molecular complexity index is 829. The number of benzene rings is 1. The summed E-state index contributed by atoms with van der Waals surface area (Å²) in [6.45, 7) is 5.64. The lowest BCUT2D eigenvalue weighted by Crippen LogP contribution is -2.33. The van der Waals surface area contributed by atoms with E-state index in [4.69, 9.17) is 0 Å². The molecule has 24 heavy (non-hydrogen) atoms. The van der Waals surface area contributed by atoms with Crippen molar-refractivity contribution < 1.29 is 9.59 Å². The SMILES string of the molecule is CC(Br)C(=O)Nc1nc(-c2ccc3c(c2)C(C)(C)C(=O)N3C)cs1. The van der Waals surface area contributed by atoms with Crippen molar-refractivity contribution in [1.29, 1.82) is 0 Å². The lowest BCUT2D eigenvalue weighted by molar-refractivity contribution is -0.121. The van der Waals surface area contributed by atoms with Gasteiger partial charge in [-0.3, -0.25) is 9.59 Å². The minimum Gasteiger partial charge on any atom is -0.314 e. The number of fused-ring (bicyclic) bond motifs is 1. The average molecular weight is 408 g/mol. The van der Waals surface area contributed by atoms with E-state index in [-0.39, 0.29) is 16.6 Å². The first-order valence-corrected chi connectivity index (χ1v) is 9.35. The molecule has 126 valence electrons. The van der Waals surface area contributed by atoms with Crippen LogP contribution in [-0.2, 0) is 15.0 Å². The number of hydrogen-bond acceptors (Lipinski definition) is 4. The average Bonchev–Trinajstić information content (AvgIpc) is 3.06. The Morgan fingerprint density at radius 1 is 1.42 bits per heavy atom. The molecular weight excluding hydrogens is 390 g/mol. The van der Waals surface area contributed by atoms with Gasteiger partial charge in [-0.1, -0.05) is 22.0 Å². The number of thiazole rings is 1. The van der Waals surface area contributed by atoms with E-state index in [0.29, 0.717) is 5.13 Å². The number of likely N-dealkylation sites (N-methyl/N-ethyl adjacent to an activating group) is 1. The summed E-state index contributed by atoms with van der Waals surface area (Å²) in [5.74, 6) is -0.0367. The van der Waals surface area contributed by atoms with Gasteiger partial charge < -0.3 is 10.2 Å². The van der Waals surface area contributed by atoms with Crippen LogP contribution >= 0.6 is 27.3 Å². The summed E-state index contributed by atoms with van der Waals surface area (Å²) >= 11 is 4.62. The summed E-state index contributed by atoms with van der Waals surface area (Å²) in [5, 5.41) is 5.24. The number of carbonyl (C=O) groups excluding carboxylic acids is 2. The fourth-order valence-corrected chi connectivity index (χ4v) is 3.64. The van der Waals surface area contributed by atoms with Crippen LogP contribution in [0.2, 0.25) is 0 Å². The molecule has 1 aliphatic rings. The maximum atomic E-state index is 12.4. The molecule has 0 spiro atoms. The van der Waals surface area contributed by atoms with Crippen LogP contribution in [0, 0.1) is 0 Å². The third-order valence-electron chi connectivity index (χ3n) is 4.26. The van der Waals surface area contributed by atoms with Crippen LogP contribution in [-0.4, -0.2) is 28.7 Å². The lowest BCUT2D eigenvalue weighted by atomic mass is 9.85. The predicted octanol–water partition coefficient (Wildman–Crippen LogP) is 3.79. The van der Waals surface area contributed by atoms with Crippen molar-refractivity contribution in [2.45, 2.75) is 31.0 Å². The summed E-state index contributed by atoms with van der Waals surface area (Å²) in [5.41, 5.74) is 3.12. The smallest absolute Gasteiger partial charge is 0.239 e. The Morgan fingerprint density at radius 2 is 2.12 bits per heavy atom. The summed E-state index contributed by atoms with van der Waals surface area (Å²) < 4.78 is 0. The van der Waals surface area contributed by atoms with Gasteiger partial charge in [-0.2, -0.15) is 0 Å². The van der Waals surface area contributed by atoms with Gasteiger partial charge in [0.25, 0.3) is 0 Å². The number of anilines is 2. The third kappa shape index (κ3) is 2.75. The van der Waals surface area contributed by atoms with Crippen molar-refractivity contribution in [3.05, 3.63) is 29.1 Å². The molecule has 0 radical (unpaired) electrons. The zero-order valence-corrected chi connectivity index (χ0v) is 16.3. The highest BCUT2D eigenvalue weighted by atomic mass is 79.9. The topological polar surface area (TPSA) is 62.3 Å².